The number of anilines is 1. The van der Waals surface area contributed by atoms with Crippen molar-refractivity contribution in [2.24, 2.45) is 0 Å². The summed E-state index contributed by atoms with van der Waals surface area (Å²) in [5, 5.41) is 3.34. The first-order valence-electron chi connectivity index (χ1n) is 8.33. The zero-order valence-electron chi connectivity index (χ0n) is 15.7. The first-order valence-corrected chi connectivity index (χ1v) is 9.56. The summed E-state index contributed by atoms with van der Waals surface area (Å²) >= 11 is 1.35. The fourth-order valence-corrected chi connectivity index (χ4v) is 2.82. The summed E-state index contributed by atoms with van der Waals surface area (Å²) in [4.78, 5) is 28.7. The molecule has 1 heterocycles. The summed E-state index contributed by atoms with van der Waals surface area (Å²) in [6.45, 7) is 7.93. The lowest BCUT2D eigenvalue weighted by molar-refractivity contribution is -0.123. The third-order valence-corrected chi connectivity index (χ3v) is 4.57. The highest BCUT2D eigenvalue weighted by Gasteiger charge is 2.21. The predicted octanol–water partition coefficient (Wildman–Crippen LogP) is 4.29. The molecule has 1 aromatic carbocycles. The first kappa shape index (κ1) is 20.0. The Labute approximate surface area is 158 Å². The number of amides is 1. The Morgan fingerprint density at radius 2 is 1.81 bits per heavy atom. The van der Waals surface area contributed by atoms with Gasteiger partial charge in [0.05, 0.1) is 5.56 Å². The molecule has 1 aromatic heterocycles. The summed E-state index contributed by atoms with van der Waals surface area (Å²) in [7, 11) is 0. The van der Waals surface area contributed by atoms with E-state index in [-0.39, 0.29) is 11.3 Å². The van der Waals surface area contributed by atoms with Crippen LogP contribution in [0.5, 0.6) is 0 Å². The molecule has 0 spiro atoms. The van der Waals surface area contributed by atoms with E-state index >= 15 is 0 Å². The fourth-order valence-electron chi connectivity index (χ4n) is 2.28. The summed E-state index contributed by atoms with van der Waals surface area (Å²) < 4.78 is 5.29. The molecule has 5 nitrogen and oxygen atoms in total. The number of esters is 1. The summed E-state index contributed by atoms with van der Waals surface area (Å²) in [6.07, 6.45) is 2.52. The number of carbonyl (C=O) groups is 2. The van der Waals surface area contributed by atoms with Crippen molar-refractivity contribution in [3.8, 4) is 0 Å². The highest BCUT2D eigenvalue weighted by atomic mass is 32.2. The van der Waals surface area contributed by atoms with Crippen molar-refractivity contribution in [3.05, 3.63) is 53.7 Å². The third-order valence-electron chi connectivity index (χ3n) is 3.86. The number of nitrogens with one attached hydrogen (secondary N) is 1. The molecule has 2 rings (SSSR count). The third kappa shape index (κ3) is 5.08. The number of pyridine rings is 1. The molecule has 0 bridgehead atoms. The predicted molar refractivity (Wildman–Crippen MR) is 105 cm³/mol. The van der Waals surface area contributed by atoms with Gasteiger partial charge in [-0.15, -0.1) is 11.8 Å². The molecule has 1 unspecified atom stereocenters. The quantitative estimate of drug-likeness (QED) is 0.626. The molecule has 0 aliphatic carbocycles. The number of carbonyl (C=O) groups excluding carboxylic acids is 2. The number of hydrogen-bond donors (Lipinski definition) is 1. The molecule has 0 saturated carbocycles. The van der Waals surface area contributed by atoms with Gasteiger partial charge in [0.15, 0.2) is 6.10 Å². The van der Waals surface area contributed by atoms with Gasteiger partial charge in [-0.05, 0) is 48.4 Å². The van der Waals surface area contributed by atoms with Crippen molar-refractivity contribution >= 4 is 29.3 Å². The van der Waals surface area contributed by atoms with Crippen LogP contribution in [0.2, 0.25) is 0 Å². The Kier molecular flexibility index (Phi) is 6.42. The number of hydrogen-bond acceptors (Lipinski definition) is 5. The van der Waals surface area contributed by atoms with Gasteiger partial charge < -0.3 is 10.1 Å². The highest BCUT2D eigenvalue weighted by molar-refractivity contribution is 7.98. The van der Waals surface area contributed by atoms with Gasteiger partial charge in [-0.2, -0.15) is 0 Å². The molecule has 0 saturated heterocycles. The average Bonchev–Trinajstić information content (AvgIpc) is 2.61. The molecular weight excluding hydrogens is 348 g/mol. The molecule has 0 fully saturated rings. The minimum Gasteiger partial charge on any atom is -0.449 e. The van der Waals surface area contributed by atoms with Crippen LogP contribution < -0.4 is 5.32 Å². The van der Waals surface area contributed by atoms with Gasteiger partial charge in [0, 0.05) is 11.9 Å². The fraction of sp³-hybridized carbons (Fsp3) is 0.350. The smallest absolute Gasteiger partial charge is 0.341 e. The Hall–Kier alpha value is -2.34. The zero-order valence-corrected chi connectivity index (χ0v) is 16.5. The second-order valence-corrected chi connectivity index (χ2v) is 7.72. The van der Waals surface area contributed by atoms with E-state index in [9.17, 15) is 9.59 Å². The molecule has 1 amide bonds. The van der Waals surface area contributed by atoms with Crippen LogP contribution in [-0.2, 0) is 14.9 Å². The molecule has 0 aliphatic rings. The lowest BCUT2D eigenvalue weighted by Crippen LogP contribution is -2.30. The molecule has 1 N–H and O–H groups in total. The van der Waals surface area contributed by atoms with E-state index in [1.807, 2.05) is 30.5 Å². The van der Waals surface area contributed by atoms with Crippen molar-refractivity contribution in [2.75, 3.05) is 11.6 Å². The number of thioether (sulfide) groups is 1. The van der Waals surface area contributed by atoms with Crippen LogP contribution in [0, 0.1) is 0 Å². The topological polar surface area (TPSA) is 68.3 Å². The van der Waals surface area contributed by atoms with E-state index in [1.165, 1.54) is 17.3 Å². The maximum absolute atomic E-state index is 12.3. The lowest BCUT2D eigenvalue weighted by atomic mass is 9.87. The molecule has 26 heavy (non-hydrogen) atoms. The summed E-state index contributed by atoms with van der Waals surface area (Å²) in [5.41, 5.74) is 2.24. The van der Waals surface area contributed by atoms with Crippen LogP contribution in [-0.4, -0.2) is 29.2 Å². The second-order valence-electron chi connectivity index (χ2n) is 6.92. The number of ether oxygens (including phenoxy) is 1. The SMILES string of the molecule is CSc1ncccc1C(=O)OC(C)C(=O)Nc1ccc(C(C)(C)C)cc1. The molecule has 138 valence electrons. The van der Waals surface area contributed by atoms with Crippen molar-refractivity contribution in [2.45, 2.75) is 44.2 Å². The first-order chi connectivity index (χ1) is 12.2. The van der Waals surface area contributed by atoms with E-state index in [0.29, 0.717) is 16.3 Å². The Morgan fingerprint density at radius 3 is 2.38 bits per heavy atom. The average molecular weight is 372 g/mol. The minimum absolute atomic E-state index is 0.0457. The highest BCUT2D eigenvalue weighted by Crippen LogP contribution is 2.23. The van der Waals surface area contributed by atoms with E-state index in [2.05, 4.69) is 31.1 Å². The van der Waals surface area contributed by atoms with Gasteiger partial charge in [0.2, 0.25) is 0 Å². The minimum atomic E-state index is -0.917. The number of nitrogens with zero attached hydrogens (tertiary/aromatic N) is 1. The maximum atomic E-state index is 12.3. The normalized spacial score (nSPS) is 12.3. The lowest BCUT2D eigenvalue weighted by Gasteiger charge is -2.19. The van der Waals surface area contributed by atoms with Crippen LogP contribution in [0.4, 0.5) is 5.69 Å². The van der Waals surface area contributed by atoms with Crippen LogP contribution in [0.1, 0.15) is 43.6 Å². The Balaban J connectivity index is 2.00. The number of rotatable bonds is 5. The van der Waals surface area contributed by atoms with Gasteiger partial charge >= 0.3 is 5.97 Å². The molecule has 2 aromatic rings. The van der Waals surface area contributed by atoms with Crippen LogP contribution in [0.3, 0.4) is 0 Å². The largest absolute Gasteiger partial charge is 0.449 e. The maximum Gasteiger partial charge on any atom is 0.341 e. The monoisotopic (exact) mass is 372 g/mol. The second kappa shape index (κ2) is 8.36. The van der Waals surface area contributed by atoms with Gasteiger partial charge in [0.25, 0.3) is 5.91 Å². The Morgan fingerprint density at radius 1 is 1.15 bits per heavy atom. The molecule has 0 radical (unpaired) electrons. The number of benzene rings is 1. The van der Waals surface area contributed by atoms with Gasteiger partial charge in [-0.1, -0.05) is 32.9 Å². The van der Waals surface area contributed by atoms with E-state index in [0.717, 1.165) is 0 Å². The van der Waals surface area contributed by atoms with Gasteiger partial charge in [-0.3, -0.25) is 4.79 Å². The van der Waals surface area contributed by atoms with Crippen LogP contribution >= 0.6 is 11.8 Å². The van der Waals surface area contributed by atoms with Crippen LogP contribution in [0.25, 0.3) is 0 Å². The van der Waals surface area contributed by atoms with E-state index < -0.39 is 12.1 Å². The molecular formula is C20H24N2O3S. The molecule has 6 heteroatoms. The summed E-state index contributed by atoms with van der Waals surface area (Å²) in [6, 6.07) is 11.0. The van der Waals surface area contributed by atoms with E-state index in [1.54, 1.807) is 25.3 Å². The molecule has 1 atom stereocenters. The molecule has 0 aliphatic heterocycles. The van der Waals surface area contributed by atoms with Crippen molar-refractivity contribution in [1.29, 1.82) is 0 Å². The standard InChI is InChI=1S/C20H24N2O3S/c1-13(25-19(24)16-7-6-12-21-18(16)26-5)17(23)22-15-10-8-14(9-11-15)20(2,3)4/h6-13H,1-5H3,(H,22,23). The van der Waals surface area contributed by atoms with Crippen molar-refractivity contribution in [1.82, 2.24) is 4.98 Å². The van der Waals surface area contributed by atoms with E-state index in [4.69, 9.17) is 4.74 Å². The van der Waals surface area contributed by atoms with Crippen LogP contribution in [0.15, 0.2) is 47.6 Å². The van der Waals surface area contributed by atoms with Gasteiger partial charge in [0.1, 0.15) is 5.03 Å². The summed E-state index contributed by atoms with van der Waals surface area (Å²) in [5.74, 6) is -0.940. The van der Waals surface area contributed by atoms with Crippen molar-refractivity contribution in [3.63, 3.8) is 0 Å². The Bertz CT molecular complexity index is 782. The number of aromatic nitrogens is 1. The van der Waals surface area contributed by atoms with Gasteiger partial charge in [-0.25, -0.2) is 9.78 Å². The zero-order chi connectivity index (χ0) is 19.3. The van der Waals surface area contributed by atoms with Crippen molar-refractivity contribution < 1.29 is 14.3 Å².